The van der Waals surface area contributed by atoms with Gasteiger partial charge in [-0.2, -0.15) is 0 Å². The van der Waals surface area contributed by atoms with E-state index in [0.717, 1.165) is 89.4 Å². The van der Waals surface area contributed by atoms with Gasteiger partial charge < -0.3 is 19.4 Å². The molecule has 0 saturated heterocycles. The zero-order valence-electron chi connectivity index (χ0n) is 28.9. The fourth-order valence-electron chi connectivity index (χ4n) is 6.18. The van der Waals surface area contributed by atoms with Crippen LogP contribution in [0.5, 0.6) is 0 Å². The molecule has 1 aromatic carbocycles. The number of carbonyl (C=O) groups excluding carboxylic acids is 2. The average molecular weight is 704 g/mol. The summed E-state index contributed by atoms with van der Waals surface area (Å²) in [5, 5.41) is 0. The number of methoxy groups -OCH3 is 2. The predicted molar refractivity (Wildman–Crippen MR) is 191 cm³/mol. The van der Waals surface area contributed by atoms with Gasteiger partial charge >= 0.3 is 31.4 Å². The molecule has 4 aromatic rings. The maximum absolute atomic E-state index is 12.2. The van der Waals surface area contributed by atoms with Crippen LogP contribution in [0.3, 0.4) is 0 Å². The van der Waals surface area contributed by atoms with Crippen molar-refractivity contribution in [2.24, 2.45) is 0 Å². The number of benzene rings is 1. The number of allylic oxidation sites excluding steroid dienone is 4. The van der Waals surface area contributed by atoms with Gasteiger partial charge in [0.1, 0.15) is 0 Å². The van der Waals surface area contributed by atoms with Crippen LogP contribution in [0, 0.1) is 13.8 Å². The maximum Gasteiger partial charge on any atom is 2.00 e. The molecule has 0 amide bonds. The number of aryl methyl sites for hydroxylation is 4. The topological polar surface area (TPSA) is 107 Å². The number of nitrogens with zero attached hydrogens (tertiary/aromatic N) is 4. The monoisotopic (exact) mass is 702 g/mol. The van der Waals surface area contributed by atoms with Crippen molar-refractivity contribution in [1.29, 1.82) is 0 Å². The summed E-state index contributed by atoms with van der Waals surface area (Å²) in [7, 11) is 2.79. The van der Waals surface area contributed by atoms with Crippen molar-refractivity contribution >= 4 is 62.9 Å². The van der Waals surface area contributed by atoms with Gasteiger partial charge in [0.25, 0.3) is 0 Å². The molecule has 0 fully saturated rings. The number of hydrogen-bond acceptors (Lipinski definition) is 6. The van der Waals surface area contributed by atoms with Crippen LogP contribution >= 0.6 is 0 Å². The summed E-state index contributed by atoms with van der Waals surface area (Å²) in [4.78, 5) is 44.6. The fourth-order valence-corrected chi connectivity index (χ4v) is 6.18. The van der Waals surface area contributed by atoms with E-state index in [1.54, 1.807) is 0 Å². The van der Waals surface area contributed by atoms with E-state index in [4.69, 9.17) is 29.4 Å². The van der Waals surface area contributed by atoms with Crippen molar-refractivity contribution in [3.63, 3.8) is 0 Å². The molecule has 8 nitrogen and oxygen atoms in total. The minimum Gasteiger partial charge on any atom is -0.657 e. The second-order valence-electron chi connectivity index (χ2n) is 12.1. The molecule has 3 aromatic heterocycles. The number of rotatable bonds is 8. The maximum atomic E-state index is 12.2. The Labute approximate surface area is 299 Å². The zero-order chi connectivity index (χ0) is 33.9. The van der Waals surface area contributed by atoms with E-state index in [2.05, 4.69) is 37.3 Å². The minimum atomic E-state index is -0.288. The van der Waals surface area contributed by atoms with Crippen LogP contribution in [0.4, 0.5) is 0 Å². The Morgan fingerprint density at radius 2 is 1.29 bits per heavy atom. The van der Waals surface area contributed by atoms with Gasteiger partial charge in [-0.15, -0.1) is 22.1 Å². The molecular weight excluding hydrogens is 666 g/mol. The largest absolute Gasteiger partial charge is 2.00 e. The normalized spacial score (nSPS) is 12.6. The minimum absolute atomic E-state index is 0. The van der Waals surface area contributed by atoms with Crippen molar-refractivity contribution < 1.29 is 38.5 Å². The van der Waals surface area contributed by atoms with Crippen LogP contribution in [-0.4, -0.2) is 36.1 Å². The first kappa shape index (κ1) is 35.4. The molecule has 5 heterocycles. The van der Waals surface area contributed by atoms with Crippen LogP contribution in [0.2, 0.25) is 0 Å². The molecule has 0 aliphatic carbocycles. The van der Waals surface area contributed by atoms with E-state index in [1.807, 2.05) is 63.2 Å². The third-order valence-electron chi connectivity index (χ3n) is 9.06. The molecule has 8 bridgehead atoms. The first-order chi connectivity index (χ1) is 23.1. The predicted octanol–water partition coefficient (Wildman–Crippen LogP) is 7.60. The van der Waals surface area contributed by atoms with Crippen molar-refractivity contribution in [3.8, 4) is 0 Å². The van der Waals surface area contributed by atoms with Gasteiger partial charge in [-0.1, -0.05) is 82.9 Å². The molecule has 0 radical (unpaired) electrons. The zero-order valence-corrected chi connectivity index (χ0v) is 31.9. The van der Waals surface area contributed by atoms with E-state index in [-0.39, 0.29) is 44.3 Å². The van der Waals surface area contributed by atoms with E-state index >= 15 is 0 Å². The quantitative estimate of drug-likeness (QED) is 0.136. The van der Waals surface area contributed by atoms with Crippen molar-refractivity contribution in [3.05, 3.63) is 111 Å². The van der Waals surface area contributed by atoms with Crippen LogP contribution in [-0.2, 0) is 51.4 Å². The Kier molecular flexibility index (Phi) is 10.9. The van der Waals surface area contributed by atoms with E-state index < -0.39 is 0 Å². The van der Waals surface area contributed by atoms with Crippen molar-refractivity contribution in [2.45, 2.75) is 53.4 Å². The Balaban J connectivity index is 0.00000468. The molecule has 0 unspecified atom stereocenters. The number of fused-ring (bicyclic) bond motifs is 8. The number of aromatic nitrogens is 4. The summed E-state index contributed by atoms with van der Waals surface area (Å²) in [5.74, 6) is -0.574. The van der Waals surface area contributed by atoms with E-state index in [1.165, 1.54) is 14.2 Å². The molecule has 2 aliphatic rings. The van der Waals surface area contributed by atoms with E-state index in [9.17, 15) is 9.59 Å². The number of esters is 2. The van der Waals surface area contributed by atoms with Gasteiger partial charge in [-0.05, 0) is 69.4 Å². The molecule has 49 heavy (non-hydrogen) atoms. The molecule has 9 heteroatoms. The van der Waals surface area contributed by atoms with Gasteiger partial charge in [0, 0.05) is 18.4 Å². The van der Waals surface area contributed by atoms with Gasteiger partial charge in [-0.3, -0.25) is 9.59 Å². The van der Waals surface area contributed by atoms with Crippen LogP contribution < -0.4 is 9.97 Å². The smallest absolute Gasteiger partial charge is 0.657 e. The van der Waals surface area contributed by atoms with Crippen LogP contribution in [0.25, 0.3) is 50.9 Å². The second kappa shape index (κ2) is 15.1. The molecule has 0 saturated carbocycles. The molecule has 0 atom stereocenters. The Morgan fingerprint density at radius 3 is 1.88 bits per heavy atom. The molecule has 0 spiro atoms. The summed E-state index contributed by atoms with van der Waals surface area (Å²) >= 11 is 0. The van der Waals surface area contributed by atoms with Gasteiger partial charge in [0.05, 0.1) is 37.0 Å². The van der Waals surface area contributed by atoms with Crippen LogP contribution in [0.1, 0.15) is 77.3 Å². The molecule has 0 N–H and O–H groups in total. The van der Waals surface area contributed by atoms with Crippen molar-refractivity contribution in [2.75, 3.05) is 14.2 Å². The Hall–Kier alpha value is -4.88. The number of ether oxygens (including phenoxy) is 2. The van der Waals surface area contributed by atoms with E-state index in [0.29, 0.717) is 12.8 Å². The third kappa shape index (κ3) is 7.57. The van der Waals surface area contributed by atoms with Crippen LogP contribution in [0.15, 0.2) is 60.7 Å². The van der Waals surface area contributed by atoms with Gasteiger partial charge in [0.2, 0.25) is 0 Å². The fraction of sp³-hybridized carbons (Fsp3) is 0.250. The van der Waals surface area contributed by atoms with Crippen molar-refractivity contribution in [1.82, 2.24) is 19.9 Å². The summed E-state index contributed by atoms with van der Waals surface area (Å²) in [6.07, 6.45) is 7.63. The SMILES string of the molecule is COC(=O)CCc1c(C)c2cc3nc(cc4nc(cc5[n-]c(cc1[n-]2)c(CCC(=O)OC)c5C)C(C)=C4/C=C/c1ccccc1)C(C)=C3.[Zn+2]. The van der Waals surface area contributed by atoms with Gasteiger partial charge in [0.15, 0.2) is 0 Å². The summed E-state index contributed by atoms with van der Waals surface area (Å²) in [6, 6.07) is 18.2. The first-order valence-corrected chi connectivity index (χ1v) is 16.0. The second-order valence-corrected chi connectivity index (χ2v) is 12.1. The van der Waals surface area contributed by atoms with Gasteiger partial charge in [-0.25, -0.2) is 9.97 Å². The number of carbonyl (C=O) groups is 2. The summed E-state index contributed by atoms with van der Waals surface area (Å²) in [5.41, 5.74) is 14.3. The summed E-state index contributed by atoms with van der Waals surface area (Å²) < 4.78 is 9.91. The average Bonchev–Trinajstić information content (AvgIpc) is 3.76. The Bertz CT molecular complexity index is 2190. The first-order valence-electron chi connectivity index (χ1n) is 16.0. The number of hydrogen-bond donors (Lipinski definition) is 0. The summed E-state index contributed by atoms with van der Waals surface area (Å²) in [6.45, 7) is 8.17. The molecule has 6 rings (SSSR count). The molecule has 2 aliphatic heterocycles. The molecular formula is C40H38N4O4Zn. The molecule has 244 valence electrons. The standard InChI is InChI=1S/C40H38N4O4.Zn/c1-23-18-28-19-33-24(2)30(14-16-39(45)47-5)37(42-33)22-38-31(15-17-40(46)48-6)26(4)35(44-38)21-34-25(3)29(36(43-34)20-32(23)41-28)13-12-27-10-8-7-9-11-27;/h7-13,18-22H,14-17H2,1-6H3;/q-2;+2/b13-12+,28-19?,32-20?,33-19?,34-21?,35-21?,36-20?,37-22?,38-22?;. The Morgan fingerprint density at radius 1 is 0.694 bits per heavy atom. The third-order valence-corrected chi connectivity index (χ3v) is 9.06.